The van der Waals surface area contributed by atoms with Crippen molar-refractivity contribution in [1.82, 2.24) is 0 Å². The van der Waals surface area contributed by atoms with Crippen molar-refractivity contribution >= 4 is 6.08 Å². The molecule has 2 heteroatoms. The van der Waals surface area contributed by atoms with E-state index in [-0.39, 0.29) is 5.82 Å². The van der Waals surface area contributed by atoms with Crippen LogP contribution in [0.25, 0.3) is 6.08 Å². The average Bonchev–Trinajstić information content (AvgIpc) is 2.43. The quantitative estimate of drug-likeness (QED) is 0.593. The van der Waals surface area contributed by atoms with Gasteiger partial charge in [-0.25, -0.2) is 4.39 Å². The second-order valence-electron chi connectivity index (χ2n) is 4.94. The molecule has 1 nitrogen and oxygen atoms in total. The molecule has 1 rings (SSSR count). The zero-order valence-corrected chi connectivity index (χ0v) is 11.7. The van der Waals surface area contributed by atoms with Crippen molar-refractivity contribution < 1.29 is 9.50 Å². The molecule has 0 aliphatic carbocycles. The van der Waals surface area contributed by atoms with E-state index < -0.39 is 0 Å². The Morgan fingerprint density at radius 2 is 1.42 bits per heavy atom. The lowest BCUT2D eigenvalue weighted by atomic mass is 10.1. The van der Waals surface area contributed by atoms with Gasteiger partial charge in [-0.1, -0.05) is 56.4 Å². The summed E-state index contributed by atoms with van der Waals surface area (Å²) in [6, 6.07) is 6.58. The van der Waals surface area contributed by atoms with Crippen molar-refractivity contribution in [1.29, 1.82) is 0 Å². The van der Waals surface area contributed by atoms with Crippen molar-refractivity contribution in [3.63, 3.8) is 0 Å². The molecule has 0 fully saturated rings. The molecule has 0 heterocycles. The molecular weight excluding hydrogens is 239 g/mol. The Hall–Kier alpha value is -1.15. The summed E-state index contributed by atoms with van der Waals surface area (Å²) in [5.41, 5.74) is 1.06. The zero-order valence-electron chi connectivity index (χ0n) is 11.7. The zero-order chi connectivity index (χ0) is 13.8. The standard InChI is InChI=1S/C17H25FO/c18-17-13-11-16(12-14-17)10-8-6-4-2-1-3-5-7-9-15-19/h8,10-14,19H,1-7,9,15H2. The molecule has 1 N–H and O–H groups in total. The summed E-state index contributed by atoms with van der Waals surface area (Å²) < 4.78 is 12.7. The lowest BCUT2D eigenvalue weighted by Gasteiger charge is -1.99. The van der Waals surface area contributed by atoms with Crippen LogP contribution in [0.5, 0.6) is 0 Å². The Kier molecular flexibility index (Phi) is 8.99. The minimum Gasteiger partial charge on any atom is -0.396 e. The fraction of sp³-hybridized carbons (Fsp3) is 0.529. The molecule has 0 bridgehead atoms. The van der Waals surface area contributed by atoms with Gasteiger partial charge in [0, 0.05) is 6.61 Å². The highest BCUT2D eigenvalue weighted by molar-refractivity contribution is 5.48. The minimum atomic E-state index is -0.182. The van der Waals surface area contributed by atoms with Crippen molar-refractivity contribution in [2.45, 2.75) is 51.4 Å². The van der Waals surface area contributed by atoms with Gasteiger partial charge in [-0.15, -0.1) is 0 Å². The van der Waals surface area contributed by atoms with Crippen LogP contribution in [0.2, 0.25) is 0 Å². The fourth-order valence-electron chi connectivity index (χ4n) is 2.05. The smallest absolute Gasteiger partial charge is 0.123 e. The monoisotopic (exact) mass is 264 g/mol. The molecule has 0 saturated carbocycles. The van der Waals surface area contributed by atoms with Gasteiger partial charge in [0.05, 0.1) is 0 Å². The second kappa shape index (κ2) is 10.7. The lowest BCUT2D eigenvalue weighted by molar-refractivity contribution is 0.282. The summed E-state index contributed by atoms with van der Waals surface area (Å²) in [6.45, 7) is 0.328. The molecule has 0 spiro atoms. The van der Waals surface area contributed by atoms with Gasteiger partial charge in [0.1, 0.15) is 5.82 Å². The van der Waals surface area contributed by atoms with Gasteiger partial charge < -0.3 is 5.11 Å². The average molecular weight is 264 g/mol. The first-order valence-corrected chi connectivity index (χ1v) is 7.36. The molecule has 0 amide bonds. The van der Waals surface area contributed by atoms with E-state index in [1.54, 1.807) is 12.1 Å². The van der Waals surface area contributed by atoms with Crippen LogP contribution in [0, 0.1) is 5.82 Å². The number of benzene rings is 1. The molecule has 106 valence electrons. The predicted octanol–water partition coefficient (Wildman–Crippen LogP) is 4.95. The van der Waals surface area contributed by atoms with E-state index in [2.05, 4.69) is 12.2 Å². The number of allylic oxidation sites excluding steroid dienone is 1. The highest BCUT2D eigenvalue weighted by Crippen LogP contribution is 2.10. The first-order valence-electron chi connectivity index (χ1n) is 7.36. The van der Waals surface area contributed by atoms with E-state index in [0.29, 0.717) is 6.61 Å². The van der Waals surface area contributed by atoms with Crippen molar-refractivity contribution in [3.8, 4) is 0 Å². The van der Waals surface area contributed by atoms with E-state index in [0.717, 1.165) is 24.8 Å². The van der Waals surface area contributed by atoms with Crippen LogP contribution >= 0.6 is 0 Å². The van der Waals surface area contributed by atoms with Gasteiger partial charge in [-0.3, -0.25) is 0 Å². The van der Waals surface area contributed by atoms with Crippen molar-refractivity contribution in [3.05, 3.63) is 41.7 Å². The van der Waals surface area contributed by atoms with Crippen LogP contribution in [0.3, 0.4) is 0 Å². The number of aliphatic hydroxyl groups excluding tert-OH is 1. The fourth-order valence-corrected chi connectivity index (χ4v) is 2.05. The topological polar surface area (TPSA) is 20.2 Å². The Labute approximate surface area is 116 Å². The van der Waals surface area contributed by atoms with E-state index in [1.165, 1.54) is 44.2 Å². The maximum Gasteiger partial charge on any atom is 0.123 e. The van der Waals surface area contributed by atoms with E-state index in [4.69, 9.17) is 5.11 Å². The molecule has 0 unspecified atom stereocenters. The number of hydrogen-bond acceptors (Lipinski definition) is 1. The van der Waals surface area contributed by atoms with Gasteiger partial charge in [0.15, 0.2) is 0 Å². The third-order valence-corrected chi connectivity index (χ3v) is 3.21. The normalized spacial score (nSPS) is 11.3. The van der Waals surface area contributed by atoms with Gasteiger partial charge in [-0.05, 0) is 37.0 Å². The molecule has 0 aliphatic heterocycles. The Morgan fingerprint density at radius 1 is 0.842 bits per heavy atom. The third-order valence-electron chi connectivity index (χ3n) is 3.21. The Bertz CT molecular complexity index is 343. The molecule has 1 aromatic rings. The molecule has 0 aliphatic rings. The molecule has 1 aromatic carbocycles. The molecule has 19 heavy (non-hydrogen) atoms. The van der Waals surface area contributed by atoms with Crippen LogP contribution in [0.1, 0.15) is 56.9 Å². The van der Waals surface area contributed by atoms with Crippen LogP contribution in [-0.4, -0.2) is 11.7 Å². The highest BCUT2D eigenvalue weighted by atomic mass is 19.1. The Balaban J connectivity index is 1.97. The van der Waals surface area contributed by atoms with E-state index in [1.807, 2.05) is 0 Å². The predicted molar refractivity (Wildman–Crippen MR) is 79.5 cm³/mol. The summed E-state index contributed by atoms with van der Waals surface area (Å²) in [5.74, 6) is -0.182. The third kappa shape index (κ3) is 8.55. The molecule has 0 aromatic heterocycles. The van der Waals surface area contributed by atoms with Gasteiger partial charge in [0.2, 0.25) is 0 Å². The summed E-state index contributed by atoms with van der Waals surface area (Å²) in [7, 11) is 0. The largest absolute Gasteiger partial charge is 0.396 e. The van der Waals surface area contributed by atoms with E-state index >= 15 is 0 Å². The first-order chi connectivity index (χ1) is 9.33. The molecule has 0 radical (unpaired) electrons. The number of aliphatic hydroxyl groups is 1. The summed E-state index contributed by atoms with van der Waals surface area (Å²) in [6.07, 6.45) is 13.7. The maximum absolute atomic E-state index is 12.7. The highest BCUT2D eigenvalue weighted by Gasteiger charge is 1.91. The van der Waals surface area contributed by atoms with E-state index in [9.17, 15) is 4.39 Å². The lowest BCUT2D eigenvalue weighted by Crippen LogP contribution is -1.83. The summed E-state index contributed by atoms with van der Waals surface area (Å²) >= 11 is 0. The van der Waals surface area contributed by atoms with Gasteiger partial charge in [-0.2, -0.15) is 0 Å². The van der Waals surface area contributed by atoms with Crippen LogP contribution in [0.15, 0.2) is 30.3 Å². The van der Waals surface area contributed by atoms with Crippen molar-refractivity contribution in [2.24, 2.45) is 0 Å². The summed E-state index contributed by atoms with van der Waals surface area (Å²) in [5, 5.41) is 8.65. The molecule has 0 atom stereocenters. The maximum atomic E-state index is 12.7. The number of rotatable bonds is 10. The first kappa shape index (κ1) is 15.9. The molecular formula is C17H25FO. The number of unbranched alkanes of at least 4 members (excludes halogenated alkanes) is 7. The number of hydrogen-bond donors (Lipinski definition) is 1. The summed E-state index contributed by atoms with van der Waals surface area (Å²) in [4.78, 5) is 0. The van der Waals surface area contributed by atoms with Gasteiger partial charge in [0.25, 0.3) is 0 Å². The minimum absolute atomic E-state index is 0.182. The van der Waals surface area contributed by atoms with Gasteiger partial charge >= 0.3 is 0 Å². The van der Waals surface area contributed by atoms with Crippen molar-refractivity contribution in [2.75, 3.05) is 6.61 Å². The van der Waals surface area contributed by atoms with Crippen LogP contribution in [0.4, 0.5) is 4.39 Å². The number of halogens is 1. The second-order valence-corrected chi connectivity index (χ2v) is 4.94. The molecule has 0 saturated heterocycles. The SMILES string of the molecule is OCCCCCCCCCC=Cc1ccc(F)cc1. The Morgan fingerprint density at radius 3 is 2.05 bits per heavy atom. The van der Waals surface area contributed by atoms with Crippen LogP contribution < -0.4 is 0 Å². The van der Waals surface area contributed by atoms with Crippen LogP contribution in [-0.2, 0) is 0 Å².